The smallest absolute Gasteiger partial charge is 0.267 e. The molecule has 8 heteroatoms. The molecule has 1 heterocycles. The lowest BCUT2D eigenvalue weighted by Gasteiger charge is -2.03. The van der Waals surface area contributed by atoms with Crippen LogP contribution in [0.3, 0.4) is 0 Å². The van der Waals surface area contributed by atoms with Crippen molar-refractivity contribution in [3.63, 3.8) is 0 Å². The molecule has 4 rings (SSSR count). The van der Waals surface area contributed by atoms with Crippen molar-refractivity contribution in [3.05, 3.63) is 101 Å². The topological polar surface area (TPSA) is 85.1 Å². The average Bonchev–Trinajstić information content (AvgIpc) is 3.25. The van der Waals surface area contributed by atoms with Gasteiger partial charge in [0.05, 0.1) is 12.8 Å². The third-order valence-electron chi connectivity index (χ3n) is 4.30. The Kier molecular flexibility index (Phi) is 5.66. The molecule has 0 fully saturated rings. The normalized spacial score (nSPS) is 11.0. The lowest BCUT2D eigenvalue weighted by atomic mass is 10.1. The molecule has 1 N–H and O–H groups in total. The van der Waals surface area contributed by atoms with E-state index in [0.717, 1.165) is 11.1 Å². The first-order valence-corrected chi connectivity index (χ1v) is 9.19. The van der Waals surface area contributed by atoms with E-state index in [4.69, 9.17) is 0 Å². The van der Waals surface area contributed by atoms with Gasteiger partial charge in [-0.2, -0.15) is 9.90 Å². The van der Waals surface area contributed by atoms with E-state index in [2.05, 4.69) is 25.9 Å². The summed E-state index contributed by atoms with van der Waals surface area (Å²) >= 11 is 0. The van der Waals surface area contributed by atoms with Gasteiger partial charge in [0, 0.05) is 16.7 Å². The summed E-state index contributed by atoms with van der Waals surface area (Å²) in [6.07, 6.45) is 1.27. The van der Waals surface area contributed by atoms with Gasteiger partial charge >= 0.3 is 0 Å². The molecule has 0 atom stereocenters. The van der Waals surface area contributed by atoms with Crippen LogP contribution in [0.5, 0.6) is 0 Å². The zero-order valence-corrected chi connectivity index (χ0v) is 15.8. The number of tetrazole rings is 1. The predicted octanol–water partition coefficient (Wildman–Crippen LogP) is 3.29. The van der Waals surface area contributed by atoms with Crippen LogP contribution < -0.4 is 5.43 Å². The van der Waals surface area contributed by atoms with Crippen molar-refractivity contribution in [1.82, 2.24) is 25.6 Å². The van der Waals surface area contributed by atoms with Crippen LogP contribution in [0.4, 0.5) is 4.39 Å². The second-order valence-electron chi connectivity index (χ2n) is 6.43. The molecule has 0 aliphatic heterocycles. The van der Waals surface area contributed by atoms with Crippen LogP contribution in [0.25, 0.3) is 11.4 Å². The number of hydrogen-bond donors (Lipinski definition) is 1. The Bertz CT molecular complexity index is 1170. The van der Waals surface area contributed by atoms with E-state index in [1.807, 2.05) is 30.3 Å². The number of benzene rings is 3. The van der Waals surface area contributed by atoms with Gasteiger partial charge < -0.3 is 0 Å². The summed E-state index contributed by atoms with van der Waals surface area (Å²) in [6, 6.07) is 22.8. The molecule has 0 saturated heterocycles. The fourth-order valence-corrected chi connectivity index (χ4v) is 2.74. The molecule has 0 bridgehead atoms. The number of aromatic nitrogens is 4. The molecule has 1 aromatic heterocycles. The summed E-state index contributed by atoms with van der Waals surface area (Å²) in [4.78, 5) is 13.7. The van der Waals surface area contributed by atoms with E-state index in [-0.39, 0.29) is 5.91 Å². The number of halogens is 1. The minimum Gasteiger partial charge on any atom is -0.267 e. The molecule has 1 amide bonds. The maximum absolute atomic E-state index is 13.5. The number of hydrogen-bond acceptors (Lipinski definition) is 5. The monoisotopic (exact) mass is 400 g/mol. The zero-order valence-electron chi connectivity index (χ0n) is 15.8. The van der Waals surface area contributed by atoms with E-state index in [0.29, 0.717) is 23.5 Å². The average molecular weight is 400 g/mol. The summed E-state index contributed by atoms with van der Waals surface area (Å²) in [6.45, 7) is 0.424. The summed E-state index contributed by atoms with van der Waals surface area (Å²) < 4.78 is 13.5. The van der Waals surface area contributed by atoms with Crippen LogP contribution >= 0.6 is 0 Å². The molecule has 0 radical (unpaired) electrons. The van der Waals surface area contributed by atoms with Crippen LogP contribution in [0.15, 0.2) is 84.0 Å². The van der Waals surface area contributed by atoms with Crippen molar-refractivity contribution >= 4 is 12.1 Å². The summed E-state index contributed by atoms with van der Waals surface area (Å²) in [5, 5.41) is 16.3. The molecule has 148 valence electrons. The highest BCUT2D eigenvalue weighted by Crippen LogP contribution is 2.12. The number of nitrogens with one attached hydrogen (secondary N) is 1. The molecule has 4 aromatic rings. The lowest BCUT2D eigenvalue weighted by Crippen LogP contribution is -2.17. The number of carbonyl (C=O) groups is 1. The number of carbonyl (C=O) groups excluding carboxylic acids is 1. The molecule has 0 aliphatic rings. The van der Waals surface area contributed by atoms with Gasteiger partial charge in [0.15, 0.2) is 0 Å². The Morgan fingerprint density at radius 1 is 1.00 bits per heavy atom. The number of nitrogens with zero attached hydrogens (tertiary/aromatic N) is 5. The van der Waals surface area contributed by atoms with Crippen molar-refractivity contribution in [1.29, 1.82) is 0 Å². The minimum absolute atomic E-state index is 0.295. The first kappa shape index (κ1) is 19.1. The molecule has 3 aromatic carbocycles. The van der Waals surface area contributed by atoms with Crippen molar-refractivity contribution in [3.8, 4) is 11.4 Å². The Balaban J connectivity index is 1.36. The summed E-state index contributed by atoms with van der Waals surface area (Å²) in [5.74, 6) is -0.240. The highest BCUT2D eigenvalue weighted by Gasteiger charge is 2.08. The van der Waals surface area contributed by atoms with Crippen molar-refractivity contribution in [2.45, 2.75) is 6.54 Å². The Labute approximate surface area is 171 Å². The Morgan fingerprint density at radius 2 is 1.73 bits per heavy atom. The van der Waals surface area contributed by atoms with Gasteiger partial charge in [0.2, 0.25) is 5.82 Å². The van der Waals surface area contributed by atoms with Crippen molar-refractivity contribution < 1.29 is 9.18 Å². The third kappa shape index (κ3) is 4.61. The van der Waals surface area contributed by atoms with E-state index in [9.17, 15) is 9.18 Å². The van der Waals surface area contributed by atoms with Crippen LogP contribution in [0.2, 0.25) is 0 Å². The molecular formula is C22H17FN6O. The Hall–Kier alpha value is -4.20. The second kappa shape index (κ2) is 8.87. The van der Waals surface area contributed by atoms with Crippen LogP contribution in [0, 0.1) is 5.82 Å². The van der Waals surface area contributed by atoms with Crippen molar-refractivity contribution in [2.75, 3.05) is 0 Å². The standard InChI is InChI=1S/C22H17FN6O/c23-20-9-5-4-8-19(20)14-24-26-22(30)18-12-10-16(11-13-18)15-29-27-21(25-28-29)17-6-2-1-3-7-17/h1-14H,15H2,(H,26,30)/b24-14+. The zero-order chi connectivity index (χ0) is 20.8. The molecular weight excluding hydrogens is 383 g/mol. The summed E-state index contributed by atoms with van der Waals surface area (Å²) in [7, 11) is 0. The molecule has 0 aliphatic carbocycles. The van der Waals surface area contributed by atoms with Gasteiger partial charge in [-0.3, -0.25) is 4.79 Å². The fraction of sp³-hybridized carbons (Fsp3) is 0.0455. The van der Waals surface area contributed by atoms with Gasteiger partial charge in [0.1, 0.15) is 5.82 Å². The molecule has 0 spiro atoms. The number of amides is 1. The number of hydrazone groups is 1. The van der Waals surface area contributed by atoms with Crippen LogP contribution in [0.1, 0.15) is 21.5 Å². The maximum atomic E-state index is 13.5. The van der Waals surface area contributed by atoms with Crippen LogP contribution in [-0.4, -0.2) is 32.3 Å². The van der Waals surface area contributed by atoms with E-state index < -0.39 is 5.82 Å². The first-order chi connectivity index (χ1) is 14.7. The lowest BCUT2D eigenvalue weighted by molar-refractivity contribution is 0.0955. The van der Waals surface area contributed by atoms with Gasteiger partial charge in [-0.05, 0) is 29.0 Å². The number of rotatable bonds is 6. The quantitative estimate of drug-likeness (QED) is 0.398. The van der Waals surface area contributed by atoms with E-state index in [1.54, 1.807) is 42.5 Å². The molecule has 30 heavy (non-hydrogen) atoms. The molecule has 7 nitrogen and oxygen atoms in total. The van der Waals surface area contributed by atoms with Crippen molar-refractivity contribution in [2.24, 2.45) is 5.10 Å². The van der Waals surface area contributed by atoms with Crippen LogP contribution in [-0.2, 0) is 6.54 Å². The molecule has 0 saturated carbocycles. The SMILES string of the molecule is O=C(N/N=C/c1ccccc1F)c1ccc(Cn2nnc(-c3ccccc3)n2)cc1. The second-order valence-corrected chi connectivity index (χ2v) is 6.43. The highest BCUT2D eigenvalue weighted by molar-refractivity contribution is 5.94. The molecule has 0 unspecified atom stereocenters. The summed E-state index contributed by atoms with van der Waals surface area (Å²) in [5.41, 5.74) is 4.93. The first-order valence-electron chi connectivity index (χ1n) is 9.19. The van der Waals surface area contributed by atoms with E-state index in [1.165, 1.54) is 17.1 Å². The van der Waals surface area contributed by atoms with Gasteiger partial charge in [-0.1, -0.05) is 60.7 Å². The minimum atomic E-state index is -0.406. The largest absolute Gasteiger partial charge is 0.271 e. The van der Waals surface area contributed by atoms with Gasteiger partial charge in [0.25, 0.3) is 5.91 Å². The van der Waals surface area contributed by atoms with E-state index >= 15 is 0 Å². The maximum Gasteiger partial charge on any atom is 0.271 e. The van der Waals surface area contributed by atoms with Gasteiger partial charge in [-0.25, -0.2) is 9.82 Å². The highest BCUT2D eigenvalue weighted by atomic mass is 19.1. The Morgan fingerprint density at radius 3 is 2.50 bits per heavy atom. The predicted molar refractivity (Wildman–Crippen MR) is 110 cm³/mol. The third-order valence-corrected chi connectivity index (χ3v) is 4.30. The fourth-order valence-electron chi connectivity index (χ4n) is 2.74. The van der Waals surface area contributed by atoms with Gasteiger partial charge in [-0.15, -0.1) is 10.2 Å².